The second-order valence-electron chi connectivity index (χ2n) is 5.44. The summed E-state index contributed by atoms with van der Waals surface area (Å²) in [5, 5.41) is 10.1. The quantitative estimate of drug-likeness (QED) is 0.761. The maximum atomic E-state index is 10.1. The third-order valence-electron chi connectivity index (χ3n) is 2.54. The van der Waals surface area contributed by atoms with Gasteiger partial charge in [-0.1, -0.05) is 70.2 Å². The number of allylic oxidation sites excluding steroid dienone is 1. The van der Waals surface area contributed by atoms with Gasteiger partial charge < -0.3 is 5.11 Å². The van der Waals surface area contributed by atoms with Crippen LogP contribution in [0.2, 0.25) is 0 Å². The minimum atomic E-state index is -0.417. The van der Waals surface area contributed by atoms with Gasteiger partial charge in [0.05, 0.1) is 6.10 Å². The van der Waals surface area contributed by atoms with Gasteiger partial charge in [-0.3, -0.25) is 0 Å². The largest absolute Gasteiger partial charge is 0.388 e. The maximum Gasteiger partial charge on any atom is 0.0849 e. The molecule has 0 unspecified atom stereocenters. The van der Waals surface area contributed by atoms with E-state index in [1.807, 2.05) is 37.3 Å². The minimum Gasteiger partial charge on any atom is -0.388 e. The van der Waals surface area contributed by atoms with Crippen molar-refractivity contribution in [3.05, 3.63) is 48.0 Å². The van der Waals surface area contributed by atoms with Gasteiger partial charge in [0, 0.05) is 5.92 Å². The van der Waals surface area contributed by atoms with Crippen molar-refractivity contribution in [1.29, 1.82) is 0 Å². The van der Waals surface area contributed by atoms with E-state index >= 15 is 0 Å². The van der Waals surface area contributed by atoms with Gasteiger partial charge >= 0.3 is 0 Å². The van der Waals surface area contributed by atoms with E-state index in [-0.39, 0.29) is 11.3 Å². The molecule has 0 aliphatic carbocycles. The van der Waals surface area contributed by atoms with E-state index in [1.165, 1.54) is 0 Å². The van der Waals surface area contributed by atoms with E-state index < -0.39 is 6.10 Å². The minimum absolute atomic E-state index is 0.140. The molecule has 0 aromatic heterocycles. The second kappa shape index (κ2) is 5.31. The van der Waals surface area contributed by atoms with Crippen molar-refractivity contribution in [2.45, 2.75) is 33.8 Å². The lowest BCUT2D eigenvalue weighted by atomic mass is 9.91. The van der Waals surface area contributed by atoms with E-state index in [4.69, 9.17) is 0 Å². The summed E-state index contributed by atoms with van der Waals surface area (Å²) in [5.41, 5.74) is 1.15. The van der Waals surface area contributed by atoms with E-state index in [0.29, 0.717) is 0 Å². The summed E-state index contributed by atoms with van der Waals surface area (Å²) in [4.78, 5) is 0. The molecule has 2 atom stereocenters. The topological polar surface area (TPSA) is 20.2 Å². The molecular formula is C15H22O. The molecule has 0 fully saturated rings. The SMILES string of the molecule is C[C@H](/C=C\C(C)(C)C)[C@@H](O)c1ccccc1. The molecule has 1 N–H and O–H groups in total. The van der Waals surface area contributed by atoms with Gasteiger partial charge in [0.1, 0.15) is 0 Å². The van der Waals surface area contributed by atoms with Crippen LogP contribution in [0.5, 0.6) is 0 Å². The molecule has 0 saturated heterocycles. The van der Waals surface area contributed by atoms with Crippen LogP contribution in [0.1, 0.15) is 39.4 Å². The van der Waals surface area contributed by atoms with E-state index in [9.17, 15) is 5.11 Å². The molecule has 1 nitrogen and oxygen atoms in total. The average molecular weight is 218 g/mol. The van der Waals surface area contributed by atoms with E-state index in [0.717, 1.165) is 5.56 Å². The number of hydrogen-bond donors (Lipinski definition) is 1. The molecular weight excluding hydrogens is 196 g/mol. The Morgan fingerprint density at radius 3 is 2.19 bits per heavy atom. The zero-order valence-electron chi connectivity index (χ0n) is 10.6. The summed E-state index contributed by atoms with van der Waals surface area (Å²) < 4.78 is 0. The first kappa shape index (κ1) is 13.0. The number of aliphatic hydroxyl groups excluding tert-OH is 1. The summed E-state index contributed by atoms with van der Waals surface area (Å²) in [6.45, 7) is 8.52. The van der Waals surface area contributed by atoms with Gasteiger partial charge in [-0.05, 0) is 11.0 Å². The van der Waals surface area contributed by atoms with Crippen LogP contribution in [0.15, 0.2) is 42.5 Å². The first-order valence-electron chi connectivity index (χ1n) is 5.82. The van der Waals surface area contributed by atoms with Crippen LogP contribution < -0.4 is 0 Å². The smallest absolute Gasteiger partial charge is 0.0849 e. The van der Waals surface area contributed by atoms with Crippen molar-refractivity contribution in [2.24, 2.45) is 11.3 Å². The van der Waals surface area contributed by atoms with Crippen molar-refractivity contribution in [2.75, 3.05) is 0 Å². The Balaban J connectivity index is 2.69. The summed E-state index contributed by atoms with van der Waals surface area (Å²) >= 11 is 0. The monoisotopic (exact) mass is 218 g/mol. The molecule has 0 spiro atoms. The van der Waals surface area contributed by atoms with E-state index in [1.54, 1.807) is 0 Å². The predicted molar refractivity (Wildman–Crippen MR) is 69.2 cm³/mol. The Labute approximate surface area is 98.8 Å². The van der Waals surface area contributed by atoms with Gasteiger partial charge in [0.15, 0.2) is 0 Å². The molecule has 0 aliphatic heterocycles. The third kappa shape index (κ3) is 4.19. The molecule has 0 radical (unpaired) electrons. The van der Waals surface area contributed by atoms with Gasteiger partial charge in [-0.15, -0.1) is 0 Å². The molecule has 88 valence electrons. The number of rotatable bonds is 3. The lowest BCUT2D eigenvalue weighted by molar-refractivity contribution is 0.139. The molecule has 1 rings (SSSR count). The zero-order valence-corrected chi connectivity index (χ0v) is 10.6. The van der Waals surface area contributed by atoms with Gasteiger partial charge in [-0.25, -0.2) is 0 Å². The van der Waals surface area contributed by atoms with E-state index in [2.05, 4.69) is 32.9 Å². The molecule has 0 aliphatic rings. The third-order valence-corrected chi connectivity index (χ3v) is 2.54. The molecule has 1 aromatic carbocycles. The lowest BCUT2D eigenvalue weighted by Crippen LogP contribution is -2.08. The number of hydrogen-bond acceptors (Lipinski definition) is 1. The number of aliphatic hydroxyl groups is 1. The molecule has 1 heteroatoms. The van der Waals surface area contributed by atoms with Gasteiger partial charge in [0.2, 0.25) is 0 Å². The van der Waals surface area contributed by atoms with Crippen molar-refractivity contribution in [3.63, 3.8) is 0 Å². The molecule has 0 saturated carbocycles. The van der Waals surface area contributed by atoms with Crippen LogP contribution in [-0.2, 0) is 0 Å². The van der Waals surface area contributed by atoms with Crippen LogP contribution >= 0.6 is 0 Å². The van der Waals surface area contributed by atoms with Crippen LogP contribution in [-0.4, -0.2) is 5.11 Å². The standard InChI is InChI=1S/C15H22O/c1-12(10-11-15(2,3)4)14(16)13-8-6-5-7-9-13/h5-12,14,16H,1-4H3/b11-10-/t12-,14-/m1/s1. The fourth-order valence-electron chi connectivity index (χ4n) is 1.50. The molecule has 0 bridgehead atoms. The highest BCUT2D eigenvalue weighted by Crippen LogP contribution is 2.24. The number of benzene rings is 1. The zero-order chi connectivity index (χ0) is 12.2. The Kier molecular flexibility index (Phi) is 4.31. The van der Waals surface area contributed by atoms with Gasteiger partial charge in [0.25, 0.3) is 0 Å². The fraction of sp³-hybridized carbons (Fsp3) is 0.467. The Morgan fingerprint density at radius 2 is 1.69 bits per heavy atom. The van der Waals surface area contributed by atoms with Crippen molar-refractivity contribution in [1.82, 2.24) is 0 Å². The highest BCUT2D eigenvalue weighted by atomic mass is 16.3. The van der Waals surface area contributed by atoms with Crippen molar-refractivity contribution in [3.8, 4) is 0 Å². The van der Waals surface area contributed by atoms with Crippen LogP contribution in [0.4, 0.5) is 0 Å². The summed E-state index contributed by atoms with van der Waals surface area (Å²) in [6.07, 6.45) is 3.83. The maximum absolute atomic E-state index is 10.1. The lowest BCUT2D eigenvalue weighted by Gasteiger charge is -2.18. The summed E-state index contributed by atoms with van der Waals surface area (Å²) in [7, 11) is 0. The van der Waals surface area contributed by atoms with Crippen LogP contribution in [0.25, 0.3) is 0 Å². The van der Waals surface area contributed by atoms with Crippen LogP contribution in [0.3, 0.4) is 0 Å². The molecule has 0 heterocycles. The molecule has 0 amide bonds. The first-order chi connectivity index (χ1) is 7.40. The Bertz CT molecular complexity index is 332. The first-order valence-corrected chi connectivity index (χ1v) is 5.82. The summed E-state index contributed by atoms with van der Waals surface area (Å²) in [5.74, 6) is 0.140. The molecule has 1 aromatic rings. The van der Waals surface area contributed by atoms with Crippen molar-refractivity contribution >= 4 is 0 Å². The highest BCUT2D eigenvalue weighted by Gasteiger charge is 2.14. The highest BCUT2D eigenvalue weighted by molar-refractivity contribution is 5.19. The Morgan fingerprint density at radius 1 is 1.12 bits per heavy atom. The second-order valence-corrected chi connectivity index (χ2v) is 5.44. The average Bonchev–Trinajstić information content (AvgIpc) is 2.25. The normalized spacial score (nSPS) is 16.3. The van der Waals surface area contributed by atoms with Crippen molar-refractivity contribution < 1.29 is 5.11 Å². The summed E-state index contributed by atoms with van der Waals surface area (Å²) in [6, 6.07) is 9.81. The van der Waals surface area contributed by atoms with Crippen LogP contribution in [0, 0.1) is 11.3 Å². The predicted octanol–water partition coefficient (Wildman–Crippen LogP) is 3.96. The van der Waals surface area contributed by atoms with Gasteiger partial charge in [-0.2, -0.15) is 0 Å². The Hall–Kier alpha value is -1.08. The fourth-order valence-corrected chi connectivity index (χ4v) is 1.50. The molecule has 16 heavy (non-hydrogen) atoms.